The standard InChI is InChI=1S/C18H21N3O5.C10H9F6N/c1-13-4-2-3-5-15(13)26-16-14(17(22)23)12-19-18(20-16)25-11-8-21-6-9-24-10-7-21;1-17-5-6-2-7(9(11,12)13)4-8(3-6)10(14,15)16/h2-5,12H,6-11H2,1H3,(H,22,23);2-4,17H,5H2,1H3. The molecule has 0 unspecified atom stereocenters. The summed E-state index contributed by atoms with van der Waals surface area (Å²) in [6, 6.07) is 8.91. The molecule has 0 aliphatic carbocycles. The molecule has 43 heavy (non-hydrogen) atoms. The number of benzene rings is 2. The van der Waals surface area contributed by atoms with Gasteiger partial charge in [-0.25, -0.2) is 9.78 Å². The van der Waals surface area contributed by atoms with E-state index in [9.17, 15) is 36.2 Å². The summed E-state index contributed by atoms with van der Waals surface area (Å²) < 4.78 is 90.9. The van der Waals surface area contributed by atoms with Crippen molar-refractivity contribution in [2.24, 2.45) is 0 Å². The zero-order valence-corrected chi connectivity index (χ0v) is 23.3. The smallest absolute Gasteiger partial charge is 0.416 e. The van der Waals surface area contributed by atoms with Gasteiger partial charge in [-0.3, -0.25) is 4.90 Å². The minimum absolute atomic E-state index is 0.0387. The molecule has 2 heterocycles. The van der Waals surface area contributed by atoms with Crippen LogP contribution in [0.1, 0.15) is 32.6 Å². The highest BCUT2D eigenvalue weighted by Crippen LogP contribution is 2.36. The van der Waals surface area contributed by atoms with Crippen molar-refractivity contribution in [1.82, 2.24) is 20.2 Å². The van der Waals surface area contributed by atoms with Gasteiger partial charge in [-0.1, -0.05) is 18.2 Å². The number of carbonyl (C=O) groups is 1. The van der Waals surface area contributed by atoms with Crippen LogP contribution in [-0.4, -0.2) is 72.4 Å². The van der Waals surface area contributed by atoms with E-state index in [1.54, 1.807) is 6.07 Å². The number of carboxylic acids is 1. The summed E-state index contributed by atoms with van der Waals surface area (Å²) in [5.74, 6) is -0.662. The number of ether oxygens (including phenoxy) is 3. The molecule has 1 aromatic heterocycles. The van der Waals surface area contributed by atoms with Crippen LogP contribution in [0, 0.1) is 6.92 Å². The lowest BCUT2D eigenvalue weighted by Gasteiger charge is -2.26. The van der Waals surface area contributed by atoms with E-state index in [1.807, 2.05) is 25.1 Å². The van der Waals surface area contributed by atoms with Crippen LogP contribution in [0.25, 0.3) is 0 Å². The van der Waals surface area contributed by atoms with Gasteiger partial charge < -0.3 is 24.6 Å². The van der Waals surface area contributed by atoms with Crippen molar-refractivity contribution >= 4 is 5.97 Å². The maximum atomic E-state index is 12.4. The first-order valence-corrected chi connectivity index (χ1v) is 13.0. The number of hydrogen-bond donors (Lipinski definition) is 2. The minimum atomic E-state index is -4.79. The van der Waals surface area contributed by atoms with E-state index in [0.29, 0.717) is 24.5 Å². The number of para-hydroxylation sites is 1. The van der Waals surface area contributed by atoms with E-state index in [-0.39, 0.29) is 35.6 Å². The molecule has 0 saturated carbocycles. The first kappa shape index (κ1) is 33.6. The zero-order valence-electron chi connectivity index (χ0n) is 23.3. The van der Waals surface area contributed by atoms with Crippen molar-refractivity contribution in [2.45, 2.75) is 25.8 Å². The van der Waals surface area contributed by atoms with Crippen LogP contribution < -0.4 is 14.8 Å². The second-order valence-corrected chi connectivity index (χ2v) is 9.29. The van der Waals surface area contributed by atoms with Crippen LogP contribution in [0.15, 0.2) is 48.7 Å². The Bertz CT molecular complexity index is 1330. The highest BCUT2D eigenvalue weighted by Gasteiger charge is 2.36. The number of carboxylic acid groups (broad SMARTS) is 1. The molecule has 9 nitrogen and oxygen atoms in total. The lowest BCUT2D eigenvalue weighted by atomic mass is 10.0. The van der Waals surface area contributed by atoms with Crippen LogP contribution >= 0.6 is 0 Å². The Morgan fingerprint density at radius 1 is 1.05 bits per heavy atom. The van der Waals surface area contributed by atoms with Gasteiger partial charge in [0.2, 0.25) is 5.88 Å². The molecule has 1 saturated heterocycles. The molecule has 0 spiro atoms. The van der Waals surface area contributed by atoms with Crippen molar-refractivity contribution in [3.63, 3.8) is 0 Å². The molecule has 0 amide bonds. The monoisotopic (exact) mass is 616 g/mol. The molecule has 1 fully saturated rings. The number of aromatic carboxylic acids is 1. The minimum Gasteiger partial charge on any atom is -0.477 e. The largest absolute Gasteiger partial charge is 0.477 e. The highest BCUT2D eigenvalue weighted by atomic mass is 19.4. The average molecular weight is 617 g/mol. The molecule has 1 aliphatic rings. The predicted molar refractivity (Wildman–Crippen MR) is 142 cm³/mol. The van der Waals surface area contributed by atoms with Crippen molar-refractivity contribution in [1.29, 1.82) is 0 Å². The van der Waals surface area contributed by atoms with Crippen molar-refractivity contribution < 1.29 is 50.5 Å². The molecule has 2 N–H and O–H groups in total. The zero-order chi connectivity index (χ0) is 31.6. The molecule has 4 rings (SSSR count). The summed E-state index contributed by atoms with van der Waals surface area (Å²) in [5.41, 5.74) is -1.89. The number of alkyl halides is 6. The number of rotatable bonds is 9. The molecule has 0 radical (unpaired) electrons. The van der Waals surface area contributed by atoms with Crippen LogP contribution in [-0.2, 0) is 23.6 Å². The number of nitrogens with zero attached hydrogens (tertiary/aromatic N) is 3. The van der Waals surface area contributed by atoms with Gasteiger partial charge in [0.05, 0.1) is 30.5 Å². The second kappa shape index (κ2) is 15.0. The van der Waals surface area contributed by atoms with E-state index in [2.05, 4.69) is 20.2 Å². The number of halogens is 6. The molecule has 2 aromatic carbocycles. The normalized spacial score (nSPS) is 14.0. The van der Waals surface area contributed by atoms with Crippen molar-refractivity contribution in [3.05, 3.63) is 76.5 Å². The Hall–Kier alpha value is -3.95. The van der Waals surface area contributed by atoms with Gasteiger partial charge in [0.25, 0.3) is 0 Å². The summed E-state index contributed by atoms with van der Waals surface area (Å²) in [4.78, 5) is 21.7. The molecule has 0 bridgehead atoms. The Morgan fingerprint density at radius 3 is 2.23 bits per heavy atom. The van der Waals surface area contributed by atoms with Crippen molar-refractivity contribution in [2.75, 3.05) is 46.5 Å². The van der Waals surface area contributed by atoms with Gasteiger partial charge in [0.15, 0.2) is 0 Å². The van der Waals surface area contributed by atoms with Crippen LogP contribution in [0.4, 0.5) is 26.3 Å². The fourth-order valence-corrected chi connectivity index (χ4v) is 3.84. The third kappa shape index (κ3) is 10.4. The quantitative estimate of drug-likeness (QED) is 0.305. The first-order chi connectivity index (χ1) is 20.3. The van der Waals surface area contributed by atoms with Gasteiger partial charge in [0, 0.05) is 26.2 Å². The molecule has 1 aliphatic heterocycles. The first-order valence-electron chi connectivity index (χ1n) is 13.0. The summed E-state index contributed by atoms with van der Waals surface area (Å²) in [5, 5.41) is 11.8. The van der Waals surface area contributed by atoms with Gasteiger partial charge in [-0.2, -0.15) is 31.3 Å². The maximum Gasteiger partial charge on any atom is 0.416 e. The lowest BCUT2D eigenvalue weighted by molar-refractivity contribution is -0.143. The van der Waals surface area contributed by atoms with Gasteiger partial charge >= 0.3 is 24.3 Å². The average Bonchev–Trinajstić information content (AvgIpc) is 2.94. The number of morpholine rings is 1. The van der Waals surface area contributed by atoms with E-state index < -0.39 is 29.4 Å². The van der Waals surface area contributed by atoms with Crippen LogP contribution in [0.2, 0.25) is 0 Å². The number of aryl methyl sites for hydroxylation is 1. The van der Waals surface area contributed by atoms with Gasteiger partial charge in [-0.05, 0) is 49.4 Å². The fraction of sp³-hybridized carbons (Fsp3) is 0.393. The van der Waals surface area contributed by atoms with E-state index in [1.165, 1.54) is 13.2 Å². The topological polar surface area (TPSA) is 106 Å². The maximum absolute atomic E-state index is 12.4. The Morgan fingerprint density at radius 2 is 1.67 bits per heavy atom. The van der Waals surface area contributed by atoms with E-state index >= 15 is 0 Å². The predicted octanol–water partition coefficient (Wildman–Crippen LogP) is 5.43. The number of hydrogen-bond acceptors (Lipinski definition) is 8. The summed E-state index contributed by atoms with van der Waals surface area (Å²) in [6.45, 7) is 6.10. The number of aromatic nitrogens is 2. The number of nitrogens with one attached hydrogen (secondary N) is 1. The fourth-order valence-electron chi connectivity index (χ4n) is 3.84. The summed E-state index contributed by atoms with van der Waals surface area (Å²) in [6.07, 6.45) is -8.37. The lowest BCUT2D eigenvalue weighted by Crippen LogP contribution is -2.38. The SMILES string of the molecule is CNCc1cc(C(F)(F)F)cc(C(F)(F)F)c1.Cc1ccccc1Oc1nc(OCCN2CCOCC2)ncc1C(=O)O. The third-order valence-corrected chi connectivity index (χ3v) is 6.03. The second-order valence-electron chi connectivity index (χ2n) is 9.29. The highest BCUT2D eigenvalue weighted by molar-refractivity contribution is 5.89. The summed E-state index contributed by atoms with van der Waals surface area (Å²) in [7, 11) is 1.44. The van der Waals surface area contributed by atoms with Crippen molar-refractivity contribution in [3.8, 4) is 17.6 Å². The van der Waals surface area contributed by atoms with E-state index in [4.69, 9.17) is 14.2 Å². The third-order valence-electron chi connectivity index (χ3n) is 6.03. The molecule has 0 atom stereocenters. The molecular weight excluding hydrogens is 586 g/mol. The van der Waals surface area contributed by atoms with Gasteiger partial charge in [-0.15, -0.1) is 0 Å². The molecule has 15 heteroatoms. The van der Waals surface area contributed by atoms with E-state index in [0.717, 1.165) is 38.4 Å². The Balaban J connectivity index is 0.000000259. The van der Waals surface area contributed by atoms with Crippen LogP contribution in [0.5, 0.6) is 17.6 Å². The van der Waals surface area contributed by atoms with Crippen LogP contribution in [0.3, 0.4) is 0 Å². The summed E-state index contributed by atoms with van der Waals surface area (Å²) >= 11 is 0. The molecular formula is C28H30F6N4O5. The molecule has 3 aromatic rings. The Kier molecular flexibility index (Phi) is 11.7. The van der Waals surface area contributed by atoms with Gasteiger partial charge in [0.1, 0.15) is 17.9 Å². The Labute approximate surface area is 243 Å². The molecule has 234 valence electrons.